The zero-order valence-electron chi connectivity index (χ0n) is 15.7. The van der Waals surface area contributed by atoms with Crippen LogP contribution >= 0.6 is 0 Å². The first-order chi connectivity index (χ1) is 14.0. The van der Waals surface area contributed by atoms with Crippen LogP contribution in [0.3, 0.4) is 0 Å². The molecule has 150 valence electrons. The molecular weight excluding hydrogens is 376 g/mol. The maximum atomic E-state index is 12.3. The number of fused-ring (bicyclic) bond motifs is 1. The summed E-state index contributed by atoms with van der Waals surface area (Å²) in [6.07, 6.45) is 7.95. The van der Waals surface area contributed by atoms with Gasteiger partial charge in [0, 0.05) is 12.2 Å². The minimum absolute atomic E-state index is 0.0310. The number of carbonyl (C=O) groups is 4. The lowest BCUT2D eigenvalue weighted by Gasteiger charge is -2.22. The maximum Gasteiger partial charge on any atom is 0.367 e. The van der Waals surface area contributed by atoms with Gasteiger partial charge >= 0.3 is 5.97 Å². The highest BCUT2D eigenvalue weighted by Crippen LogP contribution is 2.23. The van der Waals surface area contributed by atoms with Crippen molar-refractivity contribution >= 4 is 23.7 Å². The standard InChI is InChI=1S/C20H20N4O5/c25-17(22-14-6-2-1-3-7-14)12-23-11-13(10-21-23)20(28)29-24-18(26)15-8-4-5-9-16(15)19(24)27/h4-5,8-11,14H,1-3,6-7,12H2,(H,22,25). The highest BCUT2D eigenvalue weighted by molar-refractivity contribution is 6.21. The molecule has 1 N–H and O–H groups in total. The van der Waals surface area contributed by atoms with Crippen molar-refractivity contribution in [3.63, 3.8) is 0 Å². The molecule has 2 heterocycles. The van der Waals surface area contributed by atoms with Crippen LogP contribution in [-0.4, -0.2) is 44.6 Å². The predicted octanol–water partition coefficient (Wildman–Crippen LogP) is 1.70. The zero-order chi connectivity index (χ0) is 20.4. The molecule has 0 bridgehead atoms. The van der Waals surface area contributed by atoms with Crippen molar-refractivity contribution in [1.82, 2.24) is 20.2 Å². The summed E-state index contributed by atoms with van der Waals surface area (Å²) >= 11 is 0. The molecule has 3 amide bonds. The average molecular weight is 396 g/mol. The fraction of sp³-hybridized carbons (Fsp3) is 0.350. The fourth-order valence-electron chi connectivity index (χ4n) is 3.61. The quantitative estimate of drug-likeness (QED) is 0.770. The van der Waals surface area contributed by atoms with Crippen molar-refractivity contribution in [2.24, 2.45) is 0 Å². The Bertz CT molecular complexity index is 942. The number of amides is 3. The van der Waals surface area contributed by atoms with E-state index in [-0.39, 0.29) is 35.2 Å². The van der Waals surface area contributed by atoms with Crippen LogP contribution in [0.1, 0.15) is 63.2 Å². The molecular formula is C20H20N4O5. The highest BCUT2D eigenvalue weighted by atomic mass is 16.7. The lowest BCUT2D eigenvalue weighted by Crippen LogP contribution is -2.38. The van der Waals surface area contributed by atoms with Gasteiger partial charge in [0.2, 0.25) is 5.91 Å². The summed E-state index contributed by atoms with van der Waals surface area (Å²) in [4.78, 5) is 54.0. The van der Waals surface area contributed by atoms with Gasteiger partial charge in [-0.05, 0) is 25.0 Å². The molecule has 0 saturated heterocycles. The van der Waals surface area contributed by atoms with Gasteiger partial charge in [0.15, 0.2) is 0 Å². The summed E-state index contributed by atoms with van der Waals surface area (Å²) in [5.74, 6) is -2.48. The van der Waals surface area contributed by atoms with Crippen molar-refractivity contribution in [3.8, 4) is 0 Å². The Morgan fingerprint density at radius 3 is 2.38 bits per heavy atom. The Kier molecular flexibility index (Phi) is 5.11. The minimum Gasteiger partial charge on any atom is -0.352 e. The van der Waals surface area contributed by atoms with Gasteiger partial charge in [-0.2, -0.15) is 5.10 Å². The normalized spacial score (nSPS) is 16.6. The number of aromatic nitrogens is 2. The first-order valence-electron chi connectivity index (χ1n) is 9.55. The molecule has 4 rings (SSSR count). The molecule has 1 aromatic carbocycles. The number of benzene rings is 1. The SMILES string of the molecule is O=C(Cn1cc(C(=O)ON2C(=O)c3ccccc3C2=O)cn1)NC1CCCCC1. The molecule has 9 nitrogen and oxygen atoms in total. The zero-order valence-corrected chi connectivity index (χ0v) is 15.7. The Hall–Kier alpha value is -3.49. The van der Waals surface area contributed by atoms with Crippen LogP contribution < -0.4 is 5.32 Å². The van der Waals surface area contributed by atoms with E-state index in [4.69, 9.17) is 4.84 Å². The van der Waals surface area contributed by atoms with Gasteiger partial charge in [-0.15, -0.1) is 0 Å². The second-order valence-electron chi connectivity index (χ2n) is 7.16. The first-order valence-corrected chi connectivity index (χ1v) is 9.55. The molecule has 0 radical (unpaired) electrons. The van der Waals surface area contributed by atoms with Crippen molar-refractivity contribution in [2.45, 2.75) is 44.7 Å². The monoisotopic (exact) mass is 396 g/mol. The second kappa shape index (κ2) is 7.86. The topological polar surface area (TPSA) is 111 Å². The number of rotatable bonds is 5. The van der Waals surface area contributed by atoms with Gasteiger partial charge in [0.1, 0.15) is 6.54 Å². The van der Waals surface area contributed by atoms with Crippen molar-refractivity contribution < 1.29 is 24.0 Å². The number of hydroxylamine groups is 2. The number of imide groups is 1. The Labute approximate surface area is 166 Å². The molecule has 1 aromatic heterocycles. The summed E-state index contributed by atoms with van der Waals surface area (Å²) in [5.41, 5.74) is 0.396. The van der Waals surface area contributed by atoms with Crippen molar-refractivity contribution in [1.29, 1.82) is 0 Å². The second-order valence-corrected chi connectivity index (χ2v) is 7.16. The minimum atomic E-state index is -0.904. The molecule has 1 saturated carbocycles. The Balaban J connectivity index is 1.36. The van der Waals surface area contributed by atoms with Gasteiger partial charge < -0.3 is 10.2 Å². The van der Waals surface area contributed by atoms with Crippen LogP contribution in [-0.2, 0) is 16.2 Å². The van der Waals surface area contributed by atoms with Crippen molar-refractivity contribution in [3.05, 3.63) is 53.3 Å². The summed E-state index contributed by atoms with van der Waals surface area (Å²) in [6.45, 7) is -0.0310. The van der Waals surface area contributed by atoms with Crippen LogP contribution in [0.25, 0.3) is 0 Å². The van der Waals surface area contributed by atoms with E-state index in [9.17, 15) is 19.2 Å². The third-order valence-electron chi connectivity index (χ3n) is 5.08. The molecule has 2 aliphatic rings. The van der Waals surface area contributed by atoms with Crippen LogP contribution in [0.15, 0.2) is 36.7 Å². The van der Waals surface area contributed by atoms with E-state index in [1.807, 2.05) is 0 Å². The number of carbonyl (C=O) groups excluding carboxylic acids is 4. The lowest BCUT2D eigenvalue weighted by atomic mass is 9.95. The van der Waals surface area contributed by atoms with Crippen LogP contribution in [0.5, 0.6) is 0 Å². The molecule has 1 aliphatic heterocycles. The molecule has 2 aromatic rings. The van der Waals surface area contributed by atoms with E-state index in [2.05, 4.69) is 10.4 Å². The molecule has 1 fully saturated rings. The molecule has 0 unspecified atom stereocenters. The van der Waals surface area contributed by atoms with Gasteiger partial charge in [-0.3, -0.25) is 19.1 Å². The summed E-state index contributed by atoms with van der Waals surface area (Å²) in [7, 11) is 0. The summed E-state index contributed by atoms with van der Waals surface area (Å²) in [5, 5.41) is 7.41. The molecule has 0 spiro atoms. The number of hydrogen-bond donors (Lipinski definition) is 1. The van der Waals surface area contributed by atoms with E-state index < -0.39 is 17.8 Å². The van der Waals surface area contributed by atoms with E-state index in [0.717, 1.165) is 25.7 Å². The lowest BCUT2D eigenvalue weighted by molar-refractivity contribution is -0.122. The molecule has 9 heteroatoms. The van der Waals surface area contributed by atoms with E-state index in [0.29, 0.717) is 5.06 Å². The Morgan fingerprint density at radius 1 is 1.07 bits per heavy atom. The third-order valence-corrected chi connectivity index (χ3v) is 5.08. The number of hydrogen-bond acceptors (Lipinski definition) is 6. The van der Waals surface area contributed by atoms with Crippen molar-refractivity contribution in [2.75, 3.05) is 0 Å². The van der Waals surface area contributed by atoms with E-state index in [1.165, 1.54) is 35.6 Å². The maximum absolute atomic E-state index is 12.3. The van der Waals surface area contributed by atoms with Gasteiger partial charge in [0.05, 0.1) is 22.9 Å². The largest absolute Gasteiger partial charge is 0.367 e. The number of nitrogens with one attached hydrogen (secondary N) is 1. The first kappa shape index (κ1) is 18.9. The third kappa shape index (κ3) is 3.89. The molecule has 29 heavy (non-hydrogen) atoms. The summed E-state index contributed by atoms with van der Waals surface area (Å²) < 4.78 is 1.32. The van der Waals surface area contributed by atoms with E-state index in [1.54, 1.807) is 12.1 Å². The van der Waals surface area contributed by atoms with Crippen LogP contribution in [0, 0.1) is 0 Å². The van der Waals surface area contributed by atoms with E-state index >= 15 is 0 Å². The molecule has 0 atom stereocenters. The van der Waals surface area contributed by atoms with Gasteiger partial charge in [0.25, 0.3) is 11.8 Å². The van der Waals surface area contributed by atoms with Gasteiger partial charge in [-0.25, -0.2) is 4.79 Å². The summed E-state index contributed by atoms with van der Waals surface area (Å²) in [6, 6.07) is 6.42. The van der Waals surface area contributed by atoms with Gasteiger partial charge in [-0.1, -0.05) is 36.5 Å². The number of nitrogens with zero attached hydrogens (tertiary/aromatic N) is 3. The highest BCUT2D eigenvalue weighted by Gasteiger charge is 2.39. The molecule has 1 aliphatic carbocycles. The average Bonchev–Trinajstić information content (AvgIpc) is 3.28. The Morgan fingerprint density at radius 2 is 1.72 bits per heavy atom. The smallest absolute Gasteiger partial charge is 0.352 e. The van der Waals surface area contributed by atoms with Crippen LogP contribution in [0.4, 0.5) is 0 Å². The fourth-order valence-corrected chi connectivity index (χ4v) is 3.61. The van der Waals surface area contributed by atoms with Crippen LogP contribution in [0.2, 0.25) is 0 Å². The predicted molar refractivity (Wildman–Crippen MR) is 99.6 cm³/mol.